The molecule has 2 heterocycles. The van der Waals surface area contributed by atoms with E-state index in [4.69, 9.17) is 5.73 Å². The summed E-state index contributed by atoms with van der Waals surface area (Å²) < 4.78 is 0. The third-order valence-corrected chi connectivity index (χ3v) is 6.25. The fraction of sp³-hybridized carbons (Fsp3) is 0.579. The van der Waals surface area contributed by atoms with Gasteiger partial charge in [0.25, 0.3) is 0 Å². The van der Waals surface area contributed by atoms with Crippen LogP contribution in [0.1, 0.15) is 31.2 Å². The minimum Gasteiger partial charge on any atom is -0.340 e. The Labute approximate surface area is 166 Å². The minimum atomic E-state index is -0.308. The Morgan fingerprint density at radius 2 is 1.96 bits per heavy atom. The van der Waals surface area contributed by atoms with Crippen molar-refractivity contribution in [2.75, 3.05) is 31.3 Å². The van der Waals surface area contributed by atoms with E-state index >= 15 is 0 Å². The van der Waals surface area contributed by atoms with E-state index in [1.165, 1.54) is 5.56 Å². The van der Waals surface area contributed by atoms with Crippen molar-refractivity contribution in [1.29, 1.82) is 0 Å². The Balaban J connectivity index is 0.00000243. The van der Waals surface area contributed by atoms with Gasteiger partial charge in [-0.05, 0) is 24.4 Å². The van der Waals surface area contributed by atoms with Crippen LogP contribution in [0.15, 0.2) is 30.3 Å². The Hall–Kier alpha value is -1.24. The molecule has 2 saturated heterocycles. The number of benzene rings is 1. The van der Waals surface area contributed by atoms with Crippen molar-refractivity contribution in [3.8, 4) is 0 Å². The van der Waals surface area contributed by atoms with E-state index in [2.05, 4.69) is 12.1 Å². The molecule has 1 aromatic rings. The van der Waals surface area contributed by atoms with Crippen LogP contribution in [0.4, 0.5) is 0 Å². The van der Waals surface area contributed by atoms with Crippen molar-refractivity contribution in [2.45, 2.75) is 31.7 Å². The summed E-state index contributed by atoms with van der Waals surface area (Å²) in [6.45, 7) is 3.95. The highest BCUT2D eigenvalue weighted by Gasteiger charge is 2.41. The highest BCUT2D eigenvalue weighted by atomic mass is 35.5. The molecular weight excluding hydrogens is 370 g/mol. The van der Waals surface area contributed by atoms with Crippen molar-refractivity contribution >= 4 is 36.0 Å². The summed E-state index contributed by atoms with van der Waals surface area (Å²) in [7, 11) is 0. The molecule has 144 valence electrons. The van der Waals surface area contributed by atoms with Gasteiger partial charge in [0.05, 0.1) is 5.88 Å². The van der Waals surface area contributed by atoms with Gasteiger partial charge < -0.3 is 15.5 Å². The van der Waals surface area contributed by atoms with Crippen LogP contribution in [-0.2, 0) is 9.59 Å². The van der Waals surface area contributed by atoms with Crippen LogP contribution >= 0.6 is 24.2 Å². The molecule has 0 radical (unpaired) electrons. The predicted molar refractivity (Wildman–Crippen MR) is 108 cm³/mol. The number of hydrogen-bond donors (Lipinski definition) is 1. The van der Waals surface area contributed by atoms with E-state index in [1.54, 1.807) is 16.7 Å². The maximum Gasteiger partial charge on any atom is 0.246 e. The molecule has 5 nitrogen and oxygen atoms in total. The summed E-state index contributed by atoms with van der Waals surface area (Å²) in [6, 6.07) is 9.99. The topological polar surface area (TPSA) is 66.6 Å². The van der Waals surface area contributed by atoms with Gasteiger partial charge >= 0.3 is 0 Å². The van der Waals surface area contributed by atoms with Crippen molar-refractivity contribution < 1.29 is 9.59 Å². The second-order valence-corrected chi connectivity index (χ2v) is 7.89. The zero-order valence-corrected chi connectivity index (χ0v) is 16.8. The van der Waals surface area contributed by atoms with Gasteiger partial charge in [-0.1, -0.05) is 37.3 Å². The molecule has 2 amide bonds. The molecule has 7 heteroatoms. The van der Waals surface area contributed by atoms with Gasteiger partial charge in [-0.2, -0.15) is 0 Å². The van der Waals surface area contributed by atoms with E-state index in [9.17, 15) is 9.59 Å². The lowest BCUT2D eigenvalue weighted by Crippen LogP contribution is -2.48. The van der Waals surface area contributed by atoms with E-state index in [0.717, 1.165) is 6.42 Å². The predicted octanol–water partition coefficient (Wildman–Crippen LogP) is 2.31. The molecule has 0 aliphatic carbocycles. The molecular formula is C19H28ClN3O2S. The third kappa shape index (κ3) is 4.35. The fourth-order valence-electron chi connectivity index (χ4n) is 3.83. The van der Waals surface area contributed by atoms with Crippen molar-refractivity contribution in [3.05, 3.63) is 35.9 Å². The molecule has 3 atom stereocenters. The number of halogens is 1. The maximum atomic E-state index is 13.1. The Kier molecular flexibility index (Phi) is 7.80. The monoisotopic (exact) mass is 397 g/mol. The molecule has 2 aliphatic rings. The van der Waals surface area contributed by atoms with Crippen molar-refractivity contribution in [2.24, 2.45) is 11.7 Å². The number of rotatable bonds is 5. The lowest BCUT2D eigenvalue weighted by Gasteiger charge is -2.27. The smallest absolute Gasteiger partial charge is 0.246 e. The molecule has 2 fully saturated rings. The molecule has 2 N–H and O–H groups in total. The number of carbonyl (C=O) groups excluding carboxylic acids is 2. The van der Waals surface area contributed by atoms with E-state index in [1.807, 2.05) is 30.0 Å². The van der Waals surface area contributed by atoms with Crippen molar-refractivity contribution in [3.63, 3.8) is 0 Å². The van der Waals surface area contributed by atoms with Crippen LogP contribution in [0, 0.1) is 5.92 Å². The van der Waals surface area contributed by atoms with Crippen LogP contribution in [-0.4, -0.2) is 58.9 Å². The molecule has 1 aromatic carbocycles. The standard InChI is InChI=1S/C19H27N3O2S.ClH/c1-2-6-18(23)22-13-25-12-17(22)19(24)21-10-15(9-20)16(11-21)14-7-4-3-5-8-14;/h3-5,7-8,15-17H,2,6,9-13,20H2,1H3;1H/t15-,16+,17?;/m1./s1. The largest absolute Gasteiger partial charge is 0.340 e. The number of amides is 2. The van der Waals surface area contributed by atoms with E-state index < -0.39 is 0 Å². The van der Waals surface area contributed by atoms with E-state index in [-0.39, 0.29) is 42.1 Å². The summed E-state index contributed by atoms with van der Waals surface area (Å²) in [5.74, 6) is 2.08. The average molecular weight is 398 g/mol. The minimum absolute atomic E-state index is 0. The SMILES string of the molecule is CCCC(=O)N1CSCC1C(=O)N1C[C@@H](CN)[C@H](c2ccccc2)C1.Cl. The number of nitrogens with zero attached hydrogens (tertiary/aromatic N) is 2. The first-order valence-electron chi connectivity index (χ1n) is 9.06. The van der Waals surface area contributed by atoms with Crippen LogP contribution in [0.2, 0.25) is 0 Å². The number of thioether (sulfide) groups is 1. The third-order valence-electron chi connectivity index (χ3n) is 5.23. The Morgan fingerprint density at radius 3 is 2.62 bits per heavy atom. The molecule has 1 unspecified atom stereocenters. The second-order valence-electron chi connectivity index (χ2n) is 6.89. The summed E-state index contributed by atoms with van der Waals surface area (Å²) in [4.78, 5) is 29.1. The first-order valence-corrected chi connectivity index (χ1v) is 10.2. The van der Waals surface area contributed by atoms with Crippen LogP contribution in [0.5, 0.6) is 0 Å². The lowest BCUT2D eigenvalue weighted by atomic mass is 9.89. The number of likely N-dealkylation sites (tertiary alicyclic amines) is 1. The Morgan fingerprint density at radius 1 is 1.23 bits per heavy atom. The first-order chi connectivity index (χ1) is 12.2. The fourth-order valence-corrected chi connectivity index (χ4v) is 5.00. The van der Waals surface area contributed by atoms with Crippen molar-refractivity contribution in [1.82, 2.24) is 9.80 Å². The molecule has 0 spiro atoms. The quantitative estimate of drug-likeness (QED) is 0.827. The summed E-state index contributed by atoms with van der Waals surface area (Å²) in [5.41, 5.74) is 7.23. The lowest BCUT2D eigenvalue weighted by molar-refractivity contribution is -0.142. The molecule has 0 saturated carbocycles. The number of nitrogens with two attached hydrogens (primary N) is 1. The van der Waals surface area contributed by atoms with Gasteiger partial charge in [0.15, 0.2) is 0 Å². The second kappa shape index (κ2) is 9.62. The normalized spacial score (nSPS) is 25.2. The van der Waals surface area contributed by atoms with Crippen LogP contribution in [0.3, 0.4) is 0 Å². The molecule has 2 aliphatic heterocycles. The summed E-state index contributed by atoms with van der Waals surface area (Å²) >= 11 is 1.67. The van der Waals surface area contributed by atoms with Crippen LogP contribution in [0.25, 0.3) is 0 Å². The number of hydrogen-bond acceptors (Lipinski definition) is 4. The van der Waals surface area contributed by atoms with Gasteiger partial charge in [-0.15, -0.1) is 24.2 Å². The summed E-state index contributed by atoms with van der Waals surface area (Å²) in [6.07, 6.45) is 1.33. The number of carbonyl (C=O) groups is 2. The molecule has 26 heavy (non-hydrogen) atoms. The van der Waals surface area contributed by atoms with Gasteiger partial charge in [-0.25, -0.2) is 0 Å². The van der Waals surface area contributed by atoms with E-state index in [0.29, 0.717) is 37.7 Å². The molecule has 3 rings (SSSR count). The zero-order valence-electron chi connectivity index (χ0n) is 15.2. The molecule has 0 bridgehead atoms. The average Bonchev–Trinajstić information content (AvgIpc) is 3.29. The maximum absolute atomic E-state index is 13.1. The van der Waals surface area contributed by atoms with Crippen LogP contribution < -0.4 is 5.73 Å². The highest BCUT2D eigenvalue weighted by Crippen LogP contribution is 2.34. The zero-order chi connectivity index (χ0) is 17.8. The first kappa shape index (κ1) is 21.1. The van der Waals surface area contributed by atoms with Gasteiger partial charge in [0.2, 0.25) is 11.8 Å². The highest BCUT2D eigenvalue weighted by molar-refractivity contribution is 7.99. The van der Waals surface area contributed by atoms with Gasteiger partial charge in [0, 0.05) is 31.2 Å². The Bertz CT molecular complexity index is 616. The molecule has 0 aromatic heterocycles. The van der Waals surface area contributed by atoms with Gasteiger partial charge in [-0.3, -0.25) is 9.59 Å². The summed E-state index contributed by atoms with van der Waals surface area (Å²) in [5, 5.41) is 0. The van der Waals surface area contributed by atoms with Gasteiger partial charge in [0.1, 0.15) is 6.04 Å².